The van der Waals surface area contributed by atoms with Crippen molar-refractivity contribution in [2.75, 3.05) is 6.54 Å². The Morgan fingerprint density at radius 3 is 2.10 bits per heavy atom. The number of carbonyl (C=O) groups is 1. The van der Waals surface area contributed by atoms with Crippen molar-refractivity contribution >= 4 is 5.91 Å². The van der Waals surface area contributed by atoms with Crippen LogP contribution in [-0.4, -0.2) is 22.9 Å². The molecule has 0 saturated heterocycles. The summed E-state index contributed by atoms with van der Waals surface area (Å²) >= 11 is 0. The molecule has 0 aliphatic heterocycles. The molecule has 0 radical (unpaired) electrons. The highest BCUT2D eigenvalue weighted by Gasteiger charge is 2.24. The molecule has 0 spiro atoms. The fourth-order valence-corrected chi connectivity index (χ4v) is 2.04. The molecule has 2 heteroatoms. The van der Waals surface area contributed by atoms with Crippen LogP contribution in [0.15, 0.2) is 23.3 Å². The van der Waals surface area contributed by atoms with Crippen LogP contribution in [0, 0.1) is 0 Å². The lowest BCUT2D eigenvalue weighted by atomic mass is 10.0. The lowest BCUT2D eigenvalue weighted by Crippen LogP contribution is -2.45. The minimum Gasteiger partial charge on any atom is -0.334 e. The number of rotatable bonds is 7. The van der Waals surface area contributed by atoms with Gasteiger partial charge in [-0.15, -0.1) is 0 Å². The molecule has 0 saturated carbocycles. The predicted molar refractivity (Wildman–Crippen MR) is 88.8 cm³/mol. The van der Waals surface area contributed by atoms with E-state index >= 15 is 0 Å². The third kappa shape index (κ3) is 8.19. The predicted octanol–water partition coefficient (Wildman–Crippen LogP) is 5.11. The summed E-state index contributed by atoms with van der Waals surface area (Å²) < 4.78 is 0. The highest BCUT2D eigenvalue weighted by Crippen LogP contribution is 2.16. The maximum absolute atomic E-state index is 12.2. The van der Waals surface area contributed by atoms with Gasteiger partial charge in [-0.2, -0.15) is 0 Å². The molecule has 0 aromatic rings. The van der Waals surface area contributed by atoms with E-state index in [2.05, 4.69) is 60.6 Å². The smallest absolute Gasteiger partial charge is 0.223 e. The summed E-state index contributed by atoms with van der Waals surface area (Å²) in [6, 6.07) is 0. The number of allylic oxidation sites excluding steroid dienone is 3. The Kier molecular flexibility index (Phi) is 8.52. The van der Waals surface area contributed by atoms with E-state index in [1.165, 1.54) is 11.1 Å². The van der Waals surface area contributed by atoms with E-state index in [0.29, 0.717) is 6.42 Å². The summed E-state index contributed by atoms with van der Waals surface area (Å²) in [5.41, 5.74) is 2.62. The Hall–Kier alpha value is -1.05. The summed E-state index contributed by atoms with van der Waals surface area (Å²) in [4.78, 5) is 14.2. The molecule has 0 fully saturated rings. The Bertz CT molecular complexity index is 354. The highest BCUT2D eigenvalue weighted by atomic mass is 16.2. The molecule has 0 aromatic carbocycles. The van der Waals surface area contributed by atoms with Crippen LogP contribution < -0.4 is 0 Å². The zero-order valence-corrected chi connectivity index (χ0v) is 14.5. The molecule has 0 N–H and O–H groups in total. The lowest BCUT2D eigenvalue weighted by Gasteiger charge is -2.35. The first-order chi connectivity index (χ1) is 9.18. The van der Waals surface area contributed by atoms with E-state index in [4.69, 9.17) is 0 Å². The third-order valence-corrected chi connectivity index (χ3v) is 3.29. The summed E-state index contributed by atoms with van der Waals surface area (Å²) in [6.07, 6.45) is 8.18. The summed E-state index contributed by atoms with van der Waals surface area (Å²) in [5, 5.41) is 0. The lowest BCUT2D eigenvalue weighted by molar-refractivity contribution is -0.135. The molecule has 0 rings (SSSR count). The summed E-state index contributed by atoms with van der Waals surface area (Å²) in [5.74, 6) is 0.258. The van der Waals surface area contributed by atoms with Gasteiger partial charge in [0.25, 0.3) is 0 Å². The van der Waals surface area contributed by atoms with Crippen LogP contribution in [0.1, 0.15) is 74.1 Å². The van der Waals surface area contributed by atoms with E-state index in [9.17, 15) is 4.79 Å². The molecule has 0 aliphatic carbocycles. The van der Waals surface area contributed by atoms with Crippen LogP contribution in [0.4, 0.5) is 0 Å². The van der Waals surface area contributed by atoms with Crippen LogP contribution in [0.5, 0.6) is 0 Å². The van der Waals surface area contributed by atoms with E-state index in [1.54, 1.807) is 0 Å². The van der Waals surface area contributed by atoms with Gasteiger partial charge in [0, 0.05) is 18.5 Å². The number of amides is 1. The zero-order chi connectivity index (χ0) is 15.8. The molecular weight excluding hydrogens is 246 g/mol. The van der Waals surface area contributed by atoms with Crippen molar-refractivity contribution in [3.8, 4) is 0 Å². The topological polar surface area (TPSA) is 20.3 Å². The monoisotopic (exact) mass is 279 g/mol. The zero-order valence-electron chi connectivity index (χ0n) is 14.5. The molecule has 20 heavy (non-hydrogen) atoms. The Morgan fingerprint density at radius 2 is 1.65 bits per heavy atom. The van der Waals surface area contributed by atoms with Crippen molar-refractivity contribution in [1.82, 2.24) is 4.90 Å². The molecule has 116 valence electrons. The largest absolute Gasteiger partial charge is 0.334 e. The molecule has 0 aromatic heterocycles. The molecule has 0 unspecified atom stereocenters. The first-order valence-electron chi connectivity index (χ1n) is 7.78. The van der Waals surface area contributed by atoms with Gasteiger partial charge in [-0.25, -0.2) is 0 Å². The van der Waals surface area contributed by atoms with E-state index in [0.717, 1.165) is 25.8 Å². The number of nitrogens with zero attached hydrogens (tertiary/aromatic N) is 1. The van der Waals surface area contributed by atoms with Gasteiger partial charge in [-0.3, -0.25) is 4.79 Å². The molecule has 0 atom stereocenters. The Labute approximate surface area is 125 Å². The fraction of sp³-hybridized carbons (Fsp3) is 0.722. The van der Waals surface area contributed by atoms with Crippen molar-refractivity contribution in [2.45, 2.75) is 79.7 Å². The molecule has 0 aliphatic rings. The number of carbonyl (C=O) groups excluding carboxylic acids is 1. The van der Waals surface area contributed by atoms with Gasteiger partial charge >= 0.3 is 0 Å². The van der Waals surface area contributed by atoms with Gasteiger partial charge in [0.1, 0.15) is 0 Å². The standard InChI is InChI=1S/C18H33NO/c1-8-10-17(20)19(18(5,6)7)14-13-16(4)12-9-11-15(2)3/h11,13H,8-10,12,14H2,1-7H3/b16-13-. The molecule has 0 heterocycles. The fourth-order valence-electron chi connectivity index (χ4n) is 2.04. The quantitative estimate of drug-likeness (QED) is 0.593. The molecule has 2 nitrogen and oxygen atoms in total. The first-order valence-corrected chi connectivity index (χ1v) is 7.78. The van der Waals surface area contributed by atoms with Crippen LogP contribution in [0.3, 0.4) is 0 Å². The average molecular weight is 279 g/mol. The van der Waals surface area contributed by atoms with Gasteiger partial charge in [-0.1, -0.05) is 30.2 Å². The van der Waals surface area contributed by atoms with Gasteiger partial charge in [0.15, 0.2) is 0 Å². The first kappa shape index (κ1) is 18.9. The van der Waals surface area contributed by atoms with Gasteiger partial charge in [0.05, 0.1) is 0 Å². The van der Waals surface area contributed by atoms with Crippen LogP contribution in [-0.2, 0) is 4.79 Å². The van der Waals surface area contributed by atoms with Gasteiger partial charge in [-0.05, 0) is 60.8 Å². The molecular formula is C18H33NO. The normalized spacial score (nSPS) is 12.2. The number of hydrogen-bond acceptors (Lipinski definition) is 1. The summed E-state index contributed by atoms with van der Waals surface area (Å²) in [7, 11) is 0. The number of hydrogen-bond donors (Lipinski definition) is 0. The van der Waals surface area contributed by atoms with Gasteiger partial charge < -0.3 is 4.90 Å². The third-order valence-electron chi connectivity index (χ3n) is 3.29. The van der Waals surface area contributed by atoms with Crippen molar-refractivity contribution in [2.24, 2.45) is 0 Å². The van der Waals surface area contributed by atoms with Crippen molar-refractivity contribution < 1.29 is 4.79 Å². The van der Waals surface area contributed by atoms with Crippen LogP contribution in [0.2, 0.25) is 0 Å². The second-order valence-electron chi connectivity index (χ2n) is 6.80. The maximum Gasteiger partial charge on any atom is 0.223 e. The van der Waals surface area contributed by atoms with Crippen molar-refractivity contribution in [1.29, 1.82) is 0 Å². The van der Waals surface area contributed by atoms with E-state index in [-0.39, 0.29) is 11.4 Å². The highest BCUT2D eigenvalue weighted by molar-refractivity contribution is 5.77. The summed E-state index contributed by atoms with van der Waals surface area (Å²) in [6.45, 7) is 15.5. The molecule has 1 amide bonds. The Balaban J connectivity index is 4.59. The van der Waals surface area contributed by atoms with Crippen LogP contribution in [0.25, 0.3) is 0 Å². The maximum atomic E-state index is 12.2. The van der Waals surface area contributed by atoms with Crippen LogP contribution >= 0.6 is 0 Å². The second kappa shape index (κ2) is 8.99. The van der Waals surface area contributed by atoms with Gasteiger partial charge in [0.2, 0.25) is 5.91 Å². The minimum atomic E-state index is -0.108. The van der Waals surface area contributed by atoms with E-state index in [1.807, 2.05) is 4.90 Å². The minimum absolute atomic E-state index is 0.108. The average Bonchev–Trinajstić information content (AvgIpc) is 2.27. The van der Waals surface area contributed by atoms with Crippen molar-refractivity contribution in [3.05, 3.63) is 23.3 Å². The molecule has 0 bridgehead atoms. The SMILES string of the molecule is CCCC(=O)N(C/C=C(/C)CCC=C(C)C)C(C)(C)C. The second-order valence-corrected chi connectivity index (χ2v) is 6.80. The van der Waals surface area contributed by atoms with Crippen molar-refractivity contribution in [3.63, 3.8) is 0 Å². The van der Waals surface area contributed by atoms with E-state index < -0.39 is 0 Å². The Morgan fingerprint density at radius 1 is 1.05 bits per heavy atom.